The number of nitrogens with one attached hydrogen (secondary N) is 1. The van der Waals surface area contributed by atoms with Crippen LogP contribution in [-0.4, -0.2) is 17.8 Å². The van der Waals surface area contributed by atoms with Crippen molar-refractivity contribution >= 4 is 41.2 Å². The molecule has 160 valence electrons. The molecule has 0 aromatic heterocycles. The standard InChI is InChI=1S/C24H16ClFN2O4/c25-17-11-9-15(10-12-17)14-32-21-8-4-1-5-16(21)13-18-22(29)27-24(31)28(23(18)30)20-7-3-2-6-19(20)26/h1-13H,14H2,(H,27,29,31)/b18-13-. The lowest BCUT2D eigenvalue weighted by molar-refractivity contribution is -0.122. The fraction of sp³-hybridized carbons (Fsp3) is 0.0417. The van der Waals surface area contributed by atoms with E-state index in [1.807, 2.05) is 12.1 Å². The first kappa shape index (κ1) is 21.3. The molecule has 1 fully saturated rings. The van der Waals surface area contributed by atoms with Gasteiger partial charge in [-0.05, 0) is 42.0 Å². The summed E-state index contributed by atoms with van der Waals surface area (Å²) in [4.78, 5) is 38.2. The van der Waals surface area contributed by atoms with Gasteiger partial charge in [-0.3, -0.25) is 14.9 Å². The Kier molecular flexibility index (Phi) is 6.00. The van der Waals surface area contributed by atoms with Crippen molar-refractivity contribution in [1.82, 2.24) is 5.32 Å². The van der Waals surface area contributed by atoms with Gasteiger partial charge in [0.2, 0.25) is 0 Å². The Morgan fingerprint density at radius 1 is 0.938 bits per heavy atom. The molecule has 0 aliphatic carbocycles. The van der Waals surface area contributed by atoms with Gasteiger partial charge in [0.1, 0.15) is 23.7 Å². The number of amides is 4. The Hall–Kier alpha value is -3.97. The minimum Gasteiger partial charge on any atom is -0.488 e. The summed E-state index contributed by atoms with van der Waals surface area (Å²) in [7, 11) is 0. The third-order valence-corrected chi connectivity index (χ3v) is 4.97. The fourth-order valence-corrected chi connectivity index (χ4v) is 3.26. The van der Waals surface area contributed by atoms with E-state index in [2.05, 4.69) is 5.32 Å². The lowest BCUT2D eigenvalue weighted by atomic mass is 10.1. The number of nitrogens with zero attached hydrogens (tertiary/aromatic N) is 1. The highest BCUT2D eigenvalue weighted by molar-refractivity contribution is 6.39. The number of ether oxygens (including phenoxy) is 1. The van der Waals surface area contributed by atoms with Crippen molar-refractivity contribution in [1.29, 1.82) is 0 Å². The van der Waals surface area contributed by atoms with E-state index in [1.54, 1.807) is 36.4 Å². The van der Waals surface area contributed by atoms with E-state index in [0.29, 0.717) is 21.2 Å². The largest absolute Gasteiger partial charge is 0.488 e. The van der Waals surface area contributed by atoms with Gasteiger partial charge >= 0.3 is 6.03 Å². The second kappa shape index (κ2) is 9.03. The second-order valence-corrected chi connectivity index (χ2v) is 7.30. The molecule has 0 bridgehead atoms. The number of halogens is 2. The van der Waals surface area contributed by atoms with Gasteiger partial charge in [0, 0.05) is 10.6 Å². The first-order valence-corrected chi connectivity index (χ1v) is 9.94. The number of rotatable bonds is 5. The smallest absolute Gasteiger partial charge is 0.336 e. The number of hydrogen-bond acceptors (Lipinski definition) is 4. The van der Waals surface area contributed by atoms with Crippen molar-refractivity contribution in [2.45, 2.75) is 6.61 Å². The van der Waals surface area contributed by atoms with E-state index in [1.165, 1.54) is 24.3 Å². The molecule has 1 aliphatic rings. The Labute approximate surface area is 187 Å². The van der Waals surface area contributed by atoms with Crippen molar-refractivity contribution in [3.8, 4) is 5.75 Å². The summed E-state index contributed by atoms with van der Waals surface area (Å²) in [6, 6.07) is 18.2. The normalized spacial score (nSPS) is 15.1. The van der Waals surface area contributed by atoms with Crippen molar-refractivity contribution in [2.75, 3.05) is 4.90 Å². The summed E-state index contributed by atoms with van der Waals surface area (Å²) in [5, 5.41) is 2.68. The van der Waals surface area contributed by atoms with Crippen LogP contribution < -0.4 is 15.0 Å². The molecule has 3 aromatic carbocycles. The molecule has 0 atom stereocenters. The molecule has 4 rings (SSSR count). The summed E-state index contributed by atoms with van der Waals surface area (Å²) < 4.78 is 20.1. The van der Waals surface area contributed by atoms with E-state index in [9.17, 15) is 18.8 Å². The average molecular weight is 451 g/mol. The SMILES string of the molecule is O=C1NC(=O)N(c2ccccc2F)C(=O)/C1=C\c1ccccc1OCc1ccc(Cl)cc1. The van der Waals surface area contributed by atoms with Gasteiger partial charge in [0.25, 0.3) is 11.8 Å². The van der Waals surface area contributed by atoms with Crippen LogP contribution in [0.5, 0.6) is 5.75 Å². The van der Waals surface area contributed by atoms with Crippen molar-refractivity contribution in [3.05, 3.63) is 100 Å². The topological polar surface area (TPSA) is 75.7 Å². The second-order valence-electron chi connectivity index (χ2n) is 6.86. The molecule has 4 amide bonds. The number of imide groups is 2. The van der Waals surface area contributed by atoms with Gasteiger partial charge < -0.3 is 4.74 Å². The number of urea groups is 1. The third-order valence-electron chi connectivity index (χ3n) is 4.72. The molecule has 0 saturated carbocycles. The minimum atomic E-state index is -1.02. The van der Waals surface area contributed by atoms with E-state index in [0.717, 1.165) is 11.6 Å². The Balaban J connectivity index is 1.64. The number of carbonyl (C=O) groups is 3. The Bertz CT molecular complexity index is 1240. The van der Waals surface area contributed by atoms with Crippen LogP contribution >= 0.6 is 11.6 Å². The highest BCUT2D eigenvalue weighted by atomic mass is 35.5. The highest BCUT2D eigenvalue weighted by Crippen LogP contribution is 2.27. The molecule has 6 nitrogen and oxygen atoms in total. The molecule has 0 radical (unpaired) electrons. The molecule has 0 spiro atoms. The van der Waals surface area contributed by atoms with E-state index < -0.39 is 23.7 Å². The highest BCUT2D eigenvalue weighted by Gasteiger charge is 2.38. The molecule has 1 heterocycles. The van der Waals surface area contributed by atoms with Crippen LogP contribution in [0, 0.1) is 5.82 Å². The van der Waals surface area contributed by atoms with Gasteiger partial charge in [-0.25, -0.2) is 14.1 Å². The Morgan fingerprint density at radius 3 is 2.38 bits per heavy atom. The molecule has 8 heteroatoms. The summed E-state index contributed by atoms with van der Waals surface area (Å²) in [5.74, 6) is -2.15. The summed E-state index contributed by atoms with van der Waals surface area (Å²) in [5.41, 5.74) is 0.749. The number of hydrogen-bond donors (Lipinski definition) is 1. The first-order chi connectivity index (χ1) is 15.4. The molecular weight excluding hydrogens is 435 g/mol. The lowest BCUT2D eigenvalue weighted by Gasteiger charge is -2.26. The van der Waals surface area contributed by atoms with Gasteiger partial charge in [0.05, 0.1) is 5.69 Å². The molecule has 1 aliphatic heterocycles. The molecule has 3 aromatic rings. The van der Waals surface area contributed by atoms with E-state index in [-0.39, 0.29) is 17.9 Å². The van der Waals surface area contributed by atoms with E-state index >= 15 is 0 Å². The van der Waals surface area contributed by atoms with Crippen molar-refractivity contribution in [2.24, 2.45) is 0 Å². The number of para-hydroxylation sites is 2. The van der Waals surface area contributed by atoms with Gasteiger partial charge in [-0.2, -0.15) is 0 Å². The summed E-state index contributed by atoms with van der Waals surface area (Å²) >= 11 is 5.90. The van der Waals surface area contributed by atoms with Crippen LogP contribution in [0.3, 0.4) is 0 Å². The number of benzene rings is 3. The van der Waals surface area contributed by atoms with Crippen LogP contribution in [0.15, 0.2) is 78.4 Å². The van der Waals surface area contributed by atoms with Crippen molar-refractivity contribution in [3.63, 3.8) is 0 Å². The lowest BCUT2D eigenvalue weighted by Crippen LogP contribution is -2.54. The summed E-state index contributed by atoms with van der Waals surface area (Å²) in [6.07, 6.45) is 1.31. The van der Waals surface area contributed by atoms with Crippen LogP contribution in [0.25, 0.3) is 6.08 Å². The zero-order valence-electron chi connectivity index (χ0n) is 16.5. The maximum Gasteiger partial charge on any atom is 0.336 e. The number of carbonyl (C=O) groups excluding carboxylic acids is 3. The van der Waals surface area contributed by atoms with Gasteiger partial charge in [-0.15, -0.1) is 0 Å². The van der Waals surface area contributed by atoms with Crippen LogP contribution in [0.1, 0.15) is 11.1 Å². The molecule has 1 saturated heterocycles. The predicted octanol–water partition coefficient (Wildman–Crippen LogP) is 4.72. The maximum absolute atomic E-state index is 14.2. The summed E-state index contributed by atoms with van der Waals surface area (Å²) in [6.45, 7) is 0.233. The minimum absolute atomic E-state index is 0.233. The monoisotopic (exact) mass is 450 g/mol. The van der Waals surface area contributed by atoms with Crippen LogP contribution in [0.4, 0.5) is 14.9 Å². The molecular formula is C24H16ClFN2O4. The zero-order chi connectivity index (χ0) is 22.7. The van der Waals surface area contributed by atoms with Gasteiger partial charge in [-0.1, -0.05) is 54.1 Å². The Morgan fingerprint density at radius 2 is 1.62 bits per heavy atom. The van der Waals surface area contributed by atoms with Crippen LogP contribution in [-0.2, 0) is 16.2 Å². The number of anilines is 1. The third kappa shape index (κ3) is 4.38. The molecule has 1 N–H and O–H groups in total. The number of barbiturate groups is 1. The molecule has 0 unspecified atom stereocenters. The van der Waals surface area contributed by atoms with Crippen molar-refractivity contribution < 1.29 is 23.5 Å². The first-order valence-electron chi connectivity index (χ1n) is 9.56. The van der Waals surface area contributed by atoms with E-state index in [4.69, 9.17) is 16.3 Å². The van der Waals surface area contributed by atoms with Crippen LogP contribution in [0.2, 0.25) is 5.02 Å². The predicted molar refractivity (Wildman–Crippen MR) is 118 cm³/mol. The molecule has 32 heavy (non-hydrogen) atoms. The average Bonchev–Trinajstić information content (AvgIpc) is 2.78. The van der Waals surface area contributed by atoms with Gasteiger partial charge in [0.15, 0.2) is 0 Å². The zero-order valence-corrected chi connectivity index (χ0v) is 17.3. The maximum atomic E-state index is 14.2. The fourth-order valence-electron chi connectivity index (χ4n) is 3.14. The quantitative estimate of drug-likeness (QED) is 0.450.